The van der Waals surface area contributed by atoms with Gasteiger partial charge in [0, 0.05) is 12.5 Å². The molecule has 0 unspecified atom stereocenters. The molecule has 0 aliphatic heterocycles. The second kappa shape index (κ2) is 10.0. The average molecular weight is 449 g/mol. The van der Waals surface area contributed by atoms with E-state index >= 15 is 0 Å². The summed E-state index contributed by atoms with van der Waals surface area (Å²) in [7, 11) is 1.43. The highest BCUT2D eigenvalue weighted by atomic mass is 32.1. The van der Waals surface area contributed by atoms with Crippen LogP contribution in [0.1, 0.15) is 36.8 Å². The van der Waals surface area contributed by atoms with E-state index in [9.17, 15) is 4.79 Å². The fourth-order valence-electron chi connectivity index (χ4n) is 3.80. The number of esters is 1. The zero-order valence-electron chi connectivity index (χ0n) is 18.8. The summed E-state index contributed by atoms with van der Waals surface area (Å²) in [5.74, 6) is 1.63. The van der Waals surface area contributed by atoms with E-state index in [4.69, 9.17) is 9.72 Å². The van der Waals surface area contributed by atoms with Crippen molar-refractivity contribution >= 4 is 28.3 Å². The molecule has 0 fully saturated rings. The largest absolute Gasteiger partial charge is 0.494 e. The Balaban J connectivity index is 1.61. The van der Waals surface area contributed by atoms with Crippen molar-refractivity contribution in [1.82, 2.24) is 9.55 Å². The van der Waals surface area contributed by atoms with Gasteiger partial charge in [0.1, 0.15) is 5.75 Å². The number of imidazole rings is 1. The molecule has 0 atom stereocenters. The summed E-state index contributed by atoms with van der Waals surface area (Å²) in [5, 5.41) is 2.11. The minimum Gasteiger partial charge on any atom is -0.494 e. The van der Waals surface area contributed by atoms with E-state index in [1.165, 1.54) is 23.1 Å². The lowest BCUT2D eigenvalue weighted by Gasteiger charge is -2.13. The number of ether oxygens (including phenoxy) is 2. The molecule has 4 rings (SSSR count). The van der Waals surface area contributed by atoms with Crippen LogP contribution < -0.4 is 4.74 Å². The number of para-hydroxylation sites is 1. The quantitative estimate of drug-likeness (QED) is 0.217. The molecule has 0 spiro atoms. The second-order valence-corrected chi connectivity index (χ2v) is 8.79. The molecule has 0 saturated heterocycles. The third-order valence-corrected chi connectivity index (χ3v) is 6.58. The molecule has 2 aromatic carbocycles. The van der Waals surface area contributed by atoms with Gasteiger partial charge in [-0.2, -0.15) is 0 Å². The predicted molar refractivity (Wildman–Crippen MR) is 130 cm³/mol. The van der Waals surface area contributed by atoms with Crippen LogP contribution in [0.5, 0.6) is 5.75 Å². The lowest BCUT2D eigenvalue weighted by molar-refractivity contribution is -0.140. The van der Waals surface area contributed by atoms with Crippen molar-refractivity contribution in [2.45, 2.75) is 39.5 Å². The van der Waals surface area contributed by atoms with Crippen molar-refractivity contribution in [1.29, 1.82) is 0 Å². The Kier molecular flexibility index (Phi) is 6.90. The number of fused-ring (bicyclic) bond motifs is 1. The normalized spacial score (nSPS) is 11.1. The topological polar surface area (TPSA) is 53.4 Å². The summed E-state index contributed by atoms with van der Waals surface area (Å²) in [6.45, 7) is 4.87. The first-order chi connectivity index (χ1) is 15.6. The van der Waals surface area contributed by atoms with E-state index in [1.54, 1.807) is 11.3 Å². The molecule has 2 heterocycles. The van der Waals surface area contributed by atoms with Crippen LogP contribution in [-0.2, 0) is 9.53 Å². The standard InChI is InChI=1S/C26H28N2O3S/c1-18-9-6-7-10-22(18)28-23-17-20(31-15-8-4-5-11-24(29)30-3)12-13-21(23)27-26(28)25-19(2)14-16-32-25/h6-7,9-10,12-14,16-17H,4-5,8,11,15H2,1-3H3. The number of aryl methyl sites for hydroxylation is 2. The number of hydrogen-bond donors (Lipinski definition) is 0. The number of hydrogen-bond acceptors (Lipinski definition) is 5. The monoisotopic (exact) mass is 448 g/mol. The van der Waals surface area contributed by atoms with E-state index in [1.807, 2.05) is 12.1 Å². The Bertz CT molecular complexity index is 1230. The highest BCUT2D eigenvalue weighted by molar-refractivity contribution is 7.13. The number of carbonyl (C=O) groups excluding carboxylic acids is 1. The maximum absolute atomic E-state index is 11.2. The third-order valence-electron chi connectivity index (χ3n) is 5.57. The van der Waals surface area contributed by atoms with E-state index in [-0.39, 0.29) is 5.97 Å². The molecule has 0 bridgehead atoms. The third kappa shape index (κ3) is 4.70. The summed E-state index contributed by atoms with van der Waals surface area (Å²) >= 11 is 1.71. The maximum Gasteiger partial charge on any atom is 0.305 e. The number of rotatable bonds is 9. The summed E-state index contributed by atoms with van der Waals surface area (Å²) in [5.41, 5.74) is 5.52. The van der Waals surface area contributed by atoms with Crippen LogP contribution in [0.2, 0.25) is 0 Å². The van der Waals surface area contributed by atoms with Gasteiger partial charge in [0.15, 0.2) is 5.82 Å². The van der Waals surface area contributed by atoms with Gasteiger partial charge in [0.2, 0.25) is 0 Å². The van der Waals surface area contributed by atoms with E-state index < -0.39 is 0 Å². The minimum atomic E-state index is -0.155. The predicted octanol–water partition coefficient (Wildman–Crippen LogP) is 6.48. The first kappa shape index (κ1) is 22.1. The van der Waals surface area contributed by atoms with Gasteiger partial charge in [-0.15, -0.1) is 11.3 Å². The smallest absolute Gasteiger partial charge is 0.305 e. The SMILES string of the molecule is COC(=O)CCCCCOc1ccc2nc(-c3sccc3C)n(-c3ccccc3C)c2c1. The summed E-state index contributed by atoms with van der Waals surface area (Å²) < 4.78 is 13.0. The molecule has 32 heavy (non-hydrogen) atoms. The highest BCUT2D eigenvalue weighted by Crippen LogP contribution is 2.35. The number of methoxy groups -OCH3 is 1. The Labute approximate surface area is 192 Å². The van der Waals surface area contributed by atoms with Crippen molar-refractivity contribution in [3.8, 4) is 22.1 Å². The van der Waals surface area contributed by atoms with Crippen LogP contribution in [-0.4, -0.2) is 29.2 Å². The first-order valence-corrected chi connectivity index (χ1v) is 11.8. The van der Waals surface area contributed by atoms with Crippen LogP contribution >= 0.6 is 11.3 Å². The number of aromatic nitrogens is 2. The van der Waals surface area contributed by atoms with Crippen molar-refractivity contribution < 1.29 is 14.3 Å². The zero-order valence-corrected chi connectivity index (χ0v) is 19.6. The van der Waals surface area contributed by atoms with Crippen LogP contribution in [0.15, 0.2) is 53.9 Å². The Morgan fingerprint density at radius 3 is 2.62 bits per heavy atom. The van der Waals surface area contributed by atoms with Crippen molar-refractivity contribution in [2.75, 3.05) is 13.7 Å². The van der Waals surface area contributed by atoms with Crippen LogP contribution in [0, 0.1) is 13.8 Å². The summed E-state index contributed by atoms with van der Waals surface area (Å²) in [6, 6.07) is 16.6. The van der Waals surface area contributed by atoms with Gasteiger partial charge in [-0.1, -0.05) is 18.2 Å². The Morgan fingerprint density at radius 1 is 1.03 bits per heavy atom. The van der Waals surface area contributed by atoms with Crippen LogP contribution in [0.25, 0.3) is 27.4 Å². The molecule has 2 aromatic heterocycles. The molecule has 0 saturated carbocycles. The average Bonchev–Trinajstić information content (AvgIpc) is 3.39. The van der Waals surface area contributed by atoms with Gasteiger partial charge in [0.25, 0.3) is 0 Å². The molecule has 0 amide bonds. The van der Waals surface area contributed by atoms with Crippen molar-refractivity contribution in [2.24, 2.45) is 0 Å². The number of unbranched alkanes of at least 4 members (excludes halogenated alkanes) is 2. The molecule has 0 N–H and O–H groups in total. The lowest BCUT2D eigenvalue weighted by atomic mass is 10.2. The van der Waals surface area contributed by atoms with Crippen LogP contribution in [0.4, 0.5) is 0 Å². The van der Waals surface area contributed by atoms with Gasteiger partial charge in [-0.05, 0) is 73.9 Å². The first-order valence-electron chi connectivity index (χ1n) is 10.9. The van der Waals surface area contributed by atoms with E-state index in [2.05, 4.69) is 64.9 Å². The van der Waals surface area contributed by atoms with Gasteiger partial charge in [0.05, 0.1) is 35.3 Å². The van der Waals surface area contributed by atoms with E-state index in [0.29, 0.717) is 13.0 Å². The fourth-order valence-corrected chi connectivity index (χ4v) is 4.70. The summed E-state index contributed by atoms with van der Waals surface area (Å²) in [4.78, 5) is 17.4. The Morgan fingerprint density at radius 2 is 1.88 bits per heavy atom. The molecule has 6 heteroatoms. The summed E-state index contributed by atoms with van der Waals surface area (Å²) in [6.07, 6.45) is 3.10. The molecule has 0 aliphatic rings. The number of nitrogens with zero attached hydrogens (tertiary/aromatic N) is 2. The molecular formula is C26H28N2O3S. The van der Waals surface area contributed by atoms with Gasteiger partial charge < -0.3 is 9.47 Å². The molecule has 166 valence electrons. The van der Waals surface area contributed by atoms with Gasteiger partial charge in [-0.25, -0.2) is 4.98 Å². The zero-order chi connectivity index (χ0) is 22.5. The minimum absolute atomic E-state index is 0.155. The maximum atomic E-state index is 11.2. The number of thiophene rings is 1. The fraction of sp³-hybridized carbons (Fsp3) is 0.308. The molecule has 4 aromatic rings. The van der Waals surface area contributed by atoms with Gasteiger partial charge >= 0.3 is 5.97 Å². The molecule has 0 radical (unpaired) electrons. The van der Waals surface area contributed by atoms with Crippen molar-refractivity contribution in [3.63, 3.8) is 0 Å². The number of carbonyl (C=O) groups is 1. The lowest BCUT2D eigenvalue weighted by Crippen LogP contribution is -2.02. The second-order valence-electron chi connectivity index (χ2n) is 7.88. The highest BCUT2D eigenvalue weighted by Gasteiger charge is 2.18. The molecule has 5 nitrogen and oxygen atoms in total. The van der Waals surface area contributed by atoms with Gasteiger partial charge in [-0.3, -0.25) is 9.36 Å². The Hall–Kier alpha value is -3.12. The van der Waals surface area contributed by atoms with E-state index in [0.717, 1.165) is 47.6 Å². The van der Waals surface area contributed by atoms with Crippen LogP contribution in [0.3, 0.4) is 0 Å². The van der Waals surface area contributed by atoms with Crippen molar-refractivity contribution in [3.05, 3.63) is 65.0 Å². The molecule has 0 aliphatic carbocycles. The molecular weight excluding hydrogens is 420 g/mol. The number of benzene rings is 2.